The summed E-state index contributed by atoms with van der Waals surface area (Å²) in [5.41, 5.74) is 2.26. The highest BCUT2D eigenvalue weighted by molar-refractivity contribution is 5.94. The lowest BCUT2D eigenvalue weighted by Gasteiger charge is -2.18. The van der Waals surface area contributed by atoms with E-state index in [1.165, 1.54) is 5.39 Å². The predicted octanol–water partition coefficient (Wildman–Crippen LogP) is 3.98. The molecule has 1 amide bonds. The Morgan fingerprint density at radius 3 is 2.43 bits per heavy atom. The Balaban J connectivity index is 1.84. The number of carbonyl (C=O) groups excluding carboxylic acids is 1. The van der Waals surface area contributed by atoms with Crippen molar-refractivity contribution in [1.29, 1.82) is 5.26 Å². The second-order valence-electron chi connectivity index (χ2n) is 5.49. The van der Waals surface area contributed by atoms with Gasteiger partial charge in [-0.25, -0.2) is 0 Å². The molecule has 0 aliphatic rings. The lowest BCUT2D eigenvalue weighted by Crippen LogP contribution is -2.26. The minimum absolute atomic E-state index is 0.0533. The van der Waals surface area contributed by atoms with Gasteiger partial charge in [-0.2, -0.15) is 5.26 Å². The van der Waals surface area contributed by atoms with Crippen molar-refractivity contribution in [2.24, 2.45) is 0 Å². The lowest BCUT2D eigenvalue weighted by atomic mass is 10.0. The molecule has 0 aliphatic heterocycles. The molecule has 3 nitrogen and oxygen atoms in total. The molecule has 0 atom stereocenters. The maximum absolute atomic E-state index is 12.5. The second-order valence-corrected chi connectivity index (χ2v) is 5.49. The van der Waals surface area contributed by atoms with Crippen LogP contribution in [-0.2, 0) is 6.54 Å². The molecule has 3 heteroatoms. The van der Waals surface area contributed by atoms with Crippen LogP contribution < -0.4 is 0 Å². The van der Waals surface area contributed by atoms with E-state index in [4.69, 9.17) is 5.26 Å². The Hall–Kier alpha value is -3.12. The van der Waals surface area contributed by atoms with Gasteiger partial charge in [-0.05, 0) is 40.6 Å². The number of rotatable bonds is 3. The third-order valence-electron chi connectivity index (χ3n) is 3.90. The summed E-state index contributed by atoms with van der Waals surface area (Å²) in [6, 6.07) is 23.1. The first-order valence-corrected chi connectivity index (χ1v) is 7.41. The quantitative estimate of drug-likeness (QED) is 0.734. The van der Waals surface area contributed by atoms with Crippen molar-refractivity contribution in [1.82, 2.24) is 4.90 Å². The van der Waals surface area contributed by atoms with Crippen LogP contribution in [0, 0.1) is 11.3 Å². The molecule has 0 saturated carbocycles. The molecule has 0 saturated heterocycles. The van der Waals surface area contributed by atoms with Crippen LogP contribution >= 0.6 is 0 Å². The standard InChI is InChI=1S/C20H16N2O/c1-22(20(23)17-11-9-15(13-21)10-12-17)14-18-7-4-6-16-5-2-3-8-19(16)18/h2-12H,14H2,1H3. The van der Waals surface area contributed by atoms with Crippen LogP contribution in [-0.4, -0.2) is 17.9 Å². The van der Waals surface area contributed by atoms with Crippen LogP contribution in [0.3, 0.4) is 0 Å². The first-order chi connectivity index (χ1) is 11.2. The molecule has 0 aliphatic carbocycles. The highest BCUT2D eigenvalue weighted by Gasteiger charge is 2.13. The number of amides is 1. The van der Waals surface area contributed by atoms with E-state index < -0.39 is 0 Å². The number of benzene rings is 3. The summed E-state index contributed by atoms with van der Waals surface area (Å²) in [5.74, 6) is -0.0533. The summed E-state index contributed by atoms with van der Waals surface area (Å²) in [6.07, 6.45) is 0. The highest BCUT2D eigenvalue weighted by atomic mass is 16.2. The average Bonchev–Trinajstić information content (AvgIpc) is 2.61. The SMILES string of the molecule is CN(Cc1cccc2ccccc12)C(=O)c1ccc(C#N)cc1. The monoisotopic (exact) mass is 300 g/mol. The Bertz CT molecular complexity index is 886. The highest BCUT2D eigenvalue weighted by Crippen LogP contribution is 2.20. The molecule has 0 N–H and O–H groups in total. The fraction of sp³-hybridized carbons (Fsp3) is 0.100. The van der Waals surface area contributed by atoms with Gasteiger partial charge in [-0.15, -0.1) is 0 Å². The number of carbonyl (C=O) groups is 1. The molecule has 0 fully saturated rings. The van der Waals surface area contributed by atoms with Gasteiger partial charge >= 0.3 is 0 Å². The maximum Gasteiger partial charge on any atom is 0.253 e. The van der Waals surface area contributed by atoms with E-state index >= 15 is 0 Å². The van der Waals surface area contributed by atoms with Crippen molar-refractivity contribution in [3.63, 3.8) is 0 Å². The van der Waals surface area contributed by atoms with Gasteiger partial charge in [0.25, 0.3) is 5.91 Å². The summed E-state index contributed by atoms with van der Waals surface area (Å²) >= 11 is 0. The smallest absolute Gasteiger partial charge is 0.253 e. The number of fused-ring (bicyclic) bond motifs is 1. The second kappa shape index (κ2) is 6.33. The fourth-order valence-electron chi connectivity index (χ4n) is 2.67. The summed E-state index contributed by atoms with van der Waals surface area (Å²) in [4.78, 5) is 14.2. The van der Waals surface area contributed by atoms with E-state index in [1.54, 1.807) is 36.2 Å². The van der Waals surface area contributed by atoms with Crippen LogP contribution in [0.4, 0.5) is 0 Å². The zero-order valence-electron chi connectivity index (χ0n) is 12.9. The fourth-order valence-corrected chi connectivity index (χ4v) is 2.67. The Morgan fingerprint density at radius 2 is 1.70 bits per heavy atom. The first kappa shape index (κ1) is 14.8. The predicted molar refractivity (Wildman–Crippen MR) is 90.9 cm³/mol. The third-order valence-corrected chi connectivity index (χ3v) is 3.90. The molecule has 0 radical (unpaired) electrons. The third kappa shape index (κ3) is 3.07. The lowest BCUT2D eigenvalue weighted by molar-refractivity contribution is 0.0785. The molecule has 3 rings (SSSR count). The van der Waals surface area contributed by atoms with Crippen LogP contribution in [0.25, 0.3) is 10.8 Å². The summed E-state index contributed by atoms with van der Waals surface area (Å²) in [6.45, 7) is 0.542. The largest absolute Gasteiger partial charge is 0.337 e. The van der Waals surface area contributed by atoms with Crippen LogP contribution in [0.5, 0.6) is 0 Å². The van der Waals surface area contributed by atoms with Gasteiger partial charge < -0.3 is 4.90 Å². The molecular weight excluding hydrogens is 284 g/mol. The van der Waals surface area contributed by atoms with Crippen LogP contribution in [0.1, 0.15) is 21.5 Å². The van der Waals surface area contributed by atoms with Gasteiger partial charge in [0.15, 0.2) is 0 Å². The normalized spacial score (nSPS) is 10.3. The summed E-state index contributed by atoms with van der Waals surface area (Å²) in [5, 5.41) is 11.2. The maximum atomic E-state index is 12.5. The zero-order chi connectivity index (χ0) is 16.2. The van der Waals surface area contributed by atoms with E-state index in [-0.39, 0.29) is 5.91 Å². The average molecular weight is 300 g/mol. The first-order valence-electron chi connectivity index (χ1n) is 7.41. The minimum atomic E-state index is -0.0533. The Kier molecular flexibility index (Phi) is 4.07. The molecule has 3 aromatic carbocycles. The van der Waals surface area contributed by atoms with Crippen molar-refractivity contribution in [2.45, 2.75) is 6.54 Å². The number of hydrogen-bond acceptors (Lipinski definition) is 2. The molecule has 112 valence electrons. The molecule has 0 aromatic heterocycles. The van der Waals surface area contributed by atoms with E-state index in [2.05, 4.69) is 24.3 Å². The molecular formula is C20H16N2O. The summed E-state index contributed by atoms with van der Waals surface area (Å²) in [7, 11) is 1.79. The number of nitrogens with zero attached hydrogens (tertiary/aromatic N) is 2. The number of hydrogen-bond donors (Lipinski definition) is 0. The molecule has 3 aromatic rings. The van der Waals surface area contributed by atoms with E-state index in [0.717, 1.165) is 10.9 Å². The van der Waals surface area contributed by atoms with E-state index in [9.17, 15) is 4.79 Å². The topological polar surface area (TPSA) is 44.1 Å². The summed E-state index contributed by atoms with van der Waals surface area (Å²) < 4.78 is 0. The van der Waals surface area contributed by atoms with Crippen molar-refractivity contribution < 1.29 is 4.79 Å². The van der Waals surface area contributed by atoms with Crippen LogP contribution in [0.15, 0.2) is 66.7 Å². The Morgan fingerprint density at radius 1 is 1.00 bits per heavy atom. The van der Waals surface area contributed by atoms with Crippen molar-refractivity contribution in [2.75, 3.05) is 7.05 Å². The van der Waals surface area contributed by atoms with Gasteiger partial charge in [0.2, 0.25) is 0 Å². The Labute approximate surface area is 135 Å². The van der Waals surface area contributed by atoms with E-state index in [0.29, 0.717) is 17.7 Å². The van der Waals surface area contributed by atoms with Gasteiger partial charge in [0.1, 0.15) is 0 Å². The van der Waals surface area contributed by atoms with Gasteiger partial charge in [-0.1, -0.05) is 42.5 Å². The molecule has 0 heterocycles. The molecule has 0 bridgehead atoms. The zero-order valence-corrected chi connectivity index (χ0v) is 12.9. The van der Waals surface area contributed by atoms with Gasteiger partial charge in [-0.3, -0.25) is 4.79 Å². The van der Waals surface area contributed by atoms with E-state index in [1.807, 2.05) is 24.3 Å². The number of nitriles is 1. The molecule has 23 heavy (non-hydrogen) atoms. The van der Waals surface area contributed by atoms with Crippen molar-refractivity contribution in [3.05, 3.63) is 83.4 Å². The van der Waals surface area contributed by atoms with Gasteiger partial charge in [0.05, 0.1) is 11.6 Å². The van der Waals surface area contributed by atoms with Crippen molar-refractivity contribution >= 4 is 16.7 Å². The minimum Gasteiger partial charge on any atom is -0.337 e. The molecule has 0 spiro atoms. The van der Waals surface area contributed by atoms with Gasteiger partial charge in [0, 0.05) is 19.2 Å². The molecule has 0 unspecified atom stereocenters. The van der Waals surface area contributed by atoms with Crippen LogP contribution in [0.2, 0.25) is 0 Å². The van der Waals surface area contributed by atoms with Crippen molar-refractivity contribution in [3.8, 4) is 6.07 Å².